The summed E-state index contributed by atoms with van der Waals surface area (Å²) in [4.78, 5) is 25.7. The van der Waals surface area contributed by atoms with Crippen LogP contribution in [0, 0.1) is 0 Å². The molecule has 6 heteroatoms. The number of benzene rings is 1. The molecular weight excluding hydrogens is 320 g/mol. The molecule has 6 nitrogen and oxygen atoms in total. The highest BCUT2D eigenvalue weighted by molar-refractivity contribution is 5.94. The van der Waals surface area contributed by atoms with Gasteiger partial charge in [0.2, 0.25) is 0 Å². The SMILES string of the molecule is COc1cc(C(C)=O)ccc1OCC(=O)NCCCN1CCCCC1. The molecule has 1 fully saturated rings. The normalized spacial score (nSPS) is 14.8. The summed E-state index contributed by atoms with van der Waals surface area (Å²) < 4.78 is 10.7. The number of hydrogen-bond donors (Lipinski definition) is 1. The molecule has 2 rings (SSSR count). The van der Waals surface area contributed by atoms with Crippen LogP contribution in [-0.2, 0) is 4.79 Å². The molecule has 1 heterocycles. The average molecular weight is 348 g/mol. The second-order valence-electron chi connectivity index (χ2n) is 6.32. The fraction of sp³-hybridized carbons (Fsp3) is 0.579. The lowest BCUT2D eigenvalue weighted by Crippen LogP contribution is -2.34. The van der Waals surface area contributed by atoms with Crippen LogP contribution in [0.5, 0.6) is 11.5 Å². The van der Waals surface area contributed by atoms with E-state index in [0.717, 1.165) is 13.0 Å². The van der Waals surface area contributed by atoms with Gasteiger partial charge >= 0.3 is 0 Å². The molecule has 1 aliphatic rings. The Balaban J connectivity index is 1.69. The Morgan fingerprint density at radius 3 is 2.60 bits per heavy atom. The van der Waals surface area contributed by atoms with Crippen molar-refractivity contribution in [2.75, 3.05) is 39.9 Å². The van der Waals surface area contributed by atoms with Crippen molar-refractivity contribution in [2.24, 2.45) is 0 Å². The van der Waals surface area contributed by atoms with E-state index < -0.39 is 0 Å². The second-order valence-corrected chi connectivity index (χ2v) is 6.32. The van der Waals surface area contributed by atoms with Crippen LogP contribution in [0.15, 0.2) is 18.2 Å². The van der Waals surface area contributed by atoms with E-state index in [0.29, 0.717) is 23.6 Å². The van der Waals surface area contributed by atoms with E-state index in [1.165, 1.54) is 46.4 Å². The van der Waals surface area contributed by atoms with Crippen molar-refractivity contribution < 1.29 is 19.1 Å². The van der Waals surface area contributed by atoms with Gasteiger partial charge in [-0.25, -0.2) is 0 Å². The number of piperidine rings is 1. The van der Waals surface area contributed by atoms with Crippen molar-refractivity contribution >= 4 is 11.7 Å². The third kappa shape index (κ3) is 6.38. The maximum Gasteiger partial charge on any atom is 0.257 e. The highest BCUT2D eigenvalue weighted by Gasteiger charge is 2.11. The Morgan fingerprint density at radius 2 is 1.92 bits per heavy atom. The molecular formula is C19H28N2O4. The number of carbonyl (C=O) groups is 2. The van der Waals surface area contributed by atoms with Crippen molar-refractivity contribution in [3.05, 3.63) is 23.8 Å². The van der Waals surface area contributed by atoms with E-state index in [4.69, 9.17) is 9.47 Å². The summed E-state index contributed by atoms with van der Waals surface area (Å²) in [6.07, 6.45) is 4.85. The summed E-state index contributed by atoms with van der Waals surface area (Å²) in [7, 11) is 1.51. The quantitative estimate of drug-likeness (QED) is 0.548. The van der Waals surface area contributed by atoms with E-state index in [9.17, 15) is 9.59 Å². The van der Waals surface area contributed by atoms with E-state index in [1.54, 1.807) is 18.2 Å². The number of methoxy groups -OCH3 is 1. The molecule has 0 unspecified atom stereocenters. The van der Waals surface area contributed by atoms with Gasteiger partial charge in [0.1, 0.15) is 0 Å². The third-order valence-electron chi connectivity index (χ3n) is 4.35. The summed E-state index contributed by atoms with van der Waals surface area (Å²) in [5.41, 5.74) is 0.548. The summed E-state index contributed by atoms with van der Waals surface area (Å²) in [5.74, 6) is 0.703. The fourth-order valence-corrected chi connectivity index (χ4v) is 2.91. The van der Waals surface area contributed by atoms with Gasteiger partial charge in [-0.05, 0) is 64.0 Å². The van der Waals surface area contributed by atoms with Gasteiger partial charge in [0.15, 0.2) is 23.9 Å². The van der Waals surface area contributed by atoms with Crippen molar-refractivity contribution in [1.29, 1.82) is 0 Å². The van der Waals surface area contributed by atoms with Gasteiger partial charge in [-0.15, -0.1) is 0 Å². The lowest BCUT2D eigenvalue weighted by molar-refractivity contribution is -0.123. The van der Waals surface area contributed by atoms with E-state index in [1.807, 2.05) is 0 Å². The lowest BCUT2D eigenvalue weighted by atomic mass is 10.1. The number of ether oxygens (including phenoxy) is 2. The van der Waals surface area contributed by atoms with E-state index in [-0.39, 0.29) is 18.3 Å². The van der Waals surface area contributed by atoms with Crippen molar-refractivity contribution in [3.63, 3.8) is 0 Å². The molecule has 0 aromatic heterocycles. The van der Waals surface area contributed by atoms with Crippen LogP contribution < -0.4 is 14.8 Å². The van der Waals surface area contributed by atoms with Gasteiger partial charge in [0.05, 0.1) is 7.11 Å². The first kappa shape index (κ1) is 19.2. The predicted molar refractivity (Wildman–Crippen MR) is 96.4 cm³/mol. The minimum absolute atomic E-state index is 0.0451. The van der Waals surface area contributed by atoms with Crippen molar-refractivity contribution in [1.82, 2.24) is 10.2 Å². The molecule has 0 atom stereocenters. The first-order valence-electron chi connectivity index (χ1n) is 8.91. The van der Waals surface area contributed by atoms with Crippen molar-refractivity contribution in [2.45, 2.75) is 32.6 Å². The van der Waals surface area contributed by atoms with Gasteiger partial charge in [0, 0.05) is 12.1 Å². The summed E-state index contributed by atoms with van der Waals surface area (Å²) in [6.45, 7) is 5.45. The van der Waals surface area contributed by atoms with Crippen LogP contribution in [0.2, 0.25) is 0 Å². The van der Waals surface area contributed by atoms with Crippen LogP contribution in [0.25, 0.3) is 0 Å². The number of likely N-dealkylation sites (tertiary alicyclic amines) is 1. The Labute approximate surface area is 149 Å². The smallest absolute Gasteiger partial charge is 0.257 e. The molecule has 1 amide bonds. The monoisotopic (exact) mass is 348 g/mol. The zero-order valence-electron chi connectivity index (χ0n) is 15.2. The molecule has 1 aromatic carbocycles. The molecule has 0 aliphatic carbocycles. The molecule has 0 saturated carbocycles. The molecule has 1 N–H and O–H groups in total. The average Bonchev–Trinajstić information content (AvgIpc) is 2.64. The molecule has 1 saturated heterocycles. The van der Waals surface area contributed by atoms with Crippen molar-refractivity contribution in [3.8, 4) is 11.5 Å². The molecule has 138 valence electrons. The second kappa shape index (κ2) is 10.0. The summed E-state index contributed by atoms with van der Waals surface area (Å²) in [6, 6.07) is 4.93. The minimum atomic E-state index is -0.156. The van der Waals surface area contributed by atoms with Gasteiger partial charge in [0.25, 0.3) is 5.91 Å². The number of hydrogen-bond acceptors (Lipinski definition) is 5. The van der Waals surface area contributed by atoms with Crippen LogP contribution >= 0.6 is 0 Å². The maximum absolute atomic E-state index is 11.9. The molecule has 1 aromatic rings. The minimum Gasteiger partial charge on any atom is -0.493 e. The largest absolute Gasteiger partial charge is 0.493 e. The number of nitrogens with zero attached hydrogens (tertiary/aromatic N) is 1. The molecule has 0 bridgehead atoms. The Hall–Kier alpha value is -2.08. The number of ketones is 1. The van der Waals surface area contributed by atoms with Gasteiger partial charge in [-0.1, -0.05) is 6.42 Å². The van der Waals surface area contributed by atoms with E-state index in [2.05, 4.69) is 10.2 Å². The number of rotatable bonds is 9. The Morgan fingerprint density at radius 1 is 1.16 bits per heavy atom. The molecule has 0 spiro atoms. The van der Waals surface area contributed by atoms with Crippen LogP contribution in [0.3, 0.4) is 0 Å². The molecule has 25 heavy (non-hydrogen) atoms. The van der Waals surface area contributed by atoms with Gasteiger partial charge in [-0.2, -0.15) is 0 Å². The maximum atomic E-state index is 11.9. The van der Waals surface area contributed by atoms with Gasteiger partial charge < -0.3 is 19.7 Å². The third-order valence-corrected chi connectivity index (χ3v) is 4.35. The zero-order valence-corrected chi connectivity index (χ0v) is 15.2. The fourth-order valence-electron chi connectivity index (χ4n) is 2.91. The van der Waals surface area contributed by atoms with Gasteiger partial charge in [-0.3, -0.25) is 9.59 Å². The van der Waals surface area contributed by atoms with Crippen LogP contribution in [-0.4, -0.2) is 56.5 Å². The Bertz CT molecular complexity index is 583. The predicted octanol–water partition coefficient (Wildman–Crippen LogP) is 2.27. The lowest BCUT2D eigenvalue weighted by Gasteiger charge is -2.26. The first-order valence-corrected chi connectivity index (χ1v) is 8.91. The van der Waals surface area contributed by atoms with Crippen LogP contribution in [0.1, 0.15) is 43.0 Å². The van der Waals surface area contributed by atoms with Crippen LogP contribution in [0.4, 0.5) is 0 Å². The topological polar surface area (TPSA) is 67.9 Å². The highest BCUT2D eigenvalue weighted by atomic mass is 16.5. The summed E-state index contributed by atoms with van der Waals surface area (Å²) in [5, 5.41) is 2.87. The van der Waals surface area contributed by atoms with E-state index >= 15 is 0 Å². The highest BCUT2D eigenvalue weighted by Crippen LogP contribution is 2.28. The first-order chi connectivity index (χ1) is 12.1. The number of amides is 1. The molecule has 1 aliphatic heterocycles. The molecule has 0 radical (unpaired) electrons. The number of nitrogens with one attached hydrogen (secondary N) is 1. The number of carbonyl (C=O) groups excluding carboxylic acids is 2. The zero-order chi connectivity index (χ0) is 18.1. The summed E-state index contributed by atoms with van der Waals surface area (Å²) >= 11 is 0. The number of Topliss-reactive ketones (excluding diaryl/α,β-unsaturated/α-hetero) is 1. The standard InChI is InChI=1S/C19H28N2O4/c1-15(22)16-7-8-17(18(13-16)24-2)25-14-19(23)20-9-6-12-21-10-4-3-5-11-21/h7-8,13H,3-6,9-12,14H2,1-2H3,(H,20,23). The Kier molecular flexibility index (Phi) is 7.73.